The molecule has 0 saturated carbocycles. The van der Waals surface area contributed by atoms with E-state index in [-0.39, 0.29) is 5.95 Å². The molecule has 7 heteroatoms. The maximum Gasteiger partial charge on any atom is 0.221 e. The molecule has 2 rings (SSSR count). The Labute approximate surface area is 134 Å². The highest BCUT2D eigenvalue weighted by molar-refractivity contribution is 8.03. The van der Waals surface area contributed by atoms with E-state index in [1.807, 2.05) is 11.8 Å². The van der Waals surface area contributed by atoms with Crippen LogP contribution >= 0.6 is 23.5 Å². The number of anilines is 2. The molecule has 0 amide bonds. The number of hydrogen-bond donors (Lipinski definition) is 3. The normalized spacial score (nSPS) is 19.3. The Morgan fingerprint density at radius 1 is 1.43 bits per heavy atom. The SMILES string of the molecule is CCSC1CC(Sc2cnc(N)nc2N)=C(C(C)C)CN1. The van der Waals surface area contributed by atoms with Crippen LogP contribution in [0.1, 0.15) is 27.2 Å². The number of rotatable bonds is 5. The van der Waals surface area contributed by atoms with Crippen LogP contribution in [0.25, 0.3) is 0 Å². The predicted molar refractivity (Wildman–Crippen MR) is 93.1 cm³/mol. The Hall–Kier alpha value is -0.920. The Morgan fingerprint density at radius 3 is 2.81 bits per heavy atom. The molecule has 1 unspecified atom stereocenters. The molecular weight excluding hydrogens is 302 g/mol. The number of nitrogens with two attached hydrogens (primary N) is 2. The molecule has 0 aromatic carbocycles. The van der Waals surface area contributed by atoms with Gasteiger partial charge in [0.15, 0.2) is 0 Å². The van der Waals surface area contributed by atoms with Crippen LogP contribution in [0.5, 0.6) is 0 Å². The molecule has 1 aliphatic rings. The average Bonchev–Trinajstić information content (AvgIpc) is 2.42. The summed E-state index contributed by atoms with van der Waals surface area (Å²) in [4.78, 5) is 10.4. The van der Waals surface area contributed by atoms with E-state index in [0.29, 0.717) is 17.1 Å². The van der Waals surface area contributed by atoms with Crippen molar-refractivity contribution in [1.82, 2.24) is 15.3 Å². The zero-order valence-corrected chi connectivity index (χ0v) is 14.4. The number of nitrogens with zero attached hydrogens (tertiary/aromatic N) is 2. The van der Waals surface area contributed by atoms with Gasteiger partial charge in [0.25, 0.3) is 0 Å². The van der Waals surface area contributed by atoms with Gasteiger partial charge in [-0.05, 0) is 22.1 Å². The summed E-state index contributed by atoms with van der Waals surface area (Å²) in [5.41, 5.74) is 13.0. The van der Waals surface area contributed by atoms with E-state index in [0.717, 1.165) is 23.6 Å². The topological polar surface area (TPSA) is 89.8 Å². The van der Waals surface area contributed by atoms with Crippen LogP contribution < -0.4 is 16.8 Å². The monoisotopic (exact) mass is 325 g/mol. The molecular formula is C14H23N5S2. The summed E-state index contributed by atoms with van der Waals surface area (Å²) in [6.45, 7) is 7.58. The first-order valence-electron chi connectivity index (χ1n) is 7.14. The summed E-state index contributed by atoms with van der Waals surface area (Å²) in [6.07, 6.45) is 2.73. The minimum absolute atomic E-state index is 0.222. The fraction of sp³-hybridized carbons (Fsp3) is 0.571. The molecule has 1 aliphatic heterocycles. The molecule has 0 spiro atoms. The van der Waals surface area contributed by atoms with E-state index in [1.165, 1.54) is 10.5 Å². The Morgan fingerprint density at radius 2 is 2.19 bits per heavy atom. The molecule has 1 aromatic rings. The molecule has 5 nitrogen and oxygen atoms in total. The second-order valence-electron chi connectivity index (χ2n) is 5.21. The summed E-state index contributed by atoms with van der Waals surface area (Å²) in [5.74, 6) is 2.31. The van der Waals surface area contributed by atoms with Crippen LogP contribution in [0.15, 0.2) is 21.6 Å². The standard InChI is InChI=1S/C14H23N5S2/c1-4-20-12-5-10(9(6-17-12)8(2)3)21-11-7-18-14(16)19-13(11)15/h7-8,12,17H,4-6H2,1-3H3,(H4,15,16,18,19). The maximum atomic E-state index is 5.96. The largest absolute Gasteiger partial charge is 0.383 e. The van der Waals surface area contributed by atoms with Crippen LogP contribution in [0.3, 0.4) is 0 Å². The lowest BCUT2D eigenvalue weighted by Crippen LogP contribution is -2.34. The van der Waals surface area contributed by atoms with Crippen LogP contribution in [0.2, 0.25) is 0 Å². The summed E-state index contributed by atoms with van der Waals surface area (Å²) in [7, 11) is 0. The van der Waals surface area contributed by atoms with Gasteiger partial charge in [-0.2, -0.15) is 4.98 Å². The van der Waals surface area contributed by atoms with E-state index in [4.69, 9.17) is 11.5 Å². The van der Waals surface area contributed by atoms with Gasteiger partial charge in [-0.15, -0.1) is 11.8 Å². The van der Waals surface area contributed by atoms with Crippen molar-refractivity contribution >= 4 is 35.3 Å². The summed E-state index contributed by atoms with van der Waals surface area (Å²) >= 11 is 3.63. The zero-order chi connectivity index (χ0) is 15.4. The molecule has 0 bridgehead atoms. The van der Waals surface area contributed by atoms with Gasteiger partial charge in [0.05, 0.1) is 10.3 Å². The smallest absolute Gasteiger partial charge is 0.221 e. The van der Waals surface area contributed by atoms with E-state index >= 15 is 0 Å². The third-order valence-corrected chi connectivity index (χ3v) is 5.63. The van der Waals surface area contributed by atoms with E-state index in [1.54, 1.807) is 18.0 Å². The summed E-state index contributed by atoms with van der Waals surface area (Å²) in [6, 6.07) is 0. The molecule has 21 heavy (non-hydrogen) atoms. The number of aromatic nitrogens is 2. The van der Waals surface area contributed by atoms with Crippen molar-refractivity contribution in [3.05, 3.63) is 16.7 Å². The molecule has 0 saturated heterocycles. The Bertz CT molecular complexity index is 530. The lowest BCUT2D eigenvalue weighted by atomic mass is 9.99. The first-order chi connectivity index (χ1) is 10.0. The molecule has 0 aliphatic carbocycles. The van der Waals surface area contributed by atoms with Gasteiger partial charge in [0.2, 0.25) is 5.95 Å². The second kappa shape index (κ2) is 7.38. The third-order valence-electron chi connectivity index (χ3n) is 3.35. The zero-order valence-electron chi connectivity index (χ0n) is 12.7. The highest BCUT2D eigenvalue weighted by Gasteiger charge is 2.23. The van der Waals surface area contributed by atoms with Gasteiger partial charge < -0.3 is 16.8 Å². The maximum absolute atomic E-state index is 5.96. The quantitative estimate of drug-likeness (QED) is 0.767. The molecule has 0 fully saturated rings. The van der Waals surface area contributed by atoms with Gasteiger partial charge in [0.1, 0.15) is 5.82 Å². The number of hydrogen-bond acceptors (Lipinski definition) is 7. The fourth-order valence-electron chi connectivity index (χ4n) is 2.26. The van der Waals surface area contributed by atoms with Crippen molar-refractivity contribution < 1.29 is 0 Å². The van der Waals surface area contributed by atoms with Crippen LogP contribution in [-0.2, 0) is 0 Å². The van der Waals surface area contributed by atoms with E-state index in [9.17, 15) is 0 Å². The third kappa shape index (κ3) is 4.28. The van der Waals surface area contributed by atoms with Gasteiger partial charge in [-0.1, -0.05) is 32.5 Å². The second-order valence-corrected chi connectivity index (χ2v) is 7.83. The number of nitrogens with one attached hydrogen (secondary N) is 1. The van der Waals surface area contributed by atoms with Gasteiger partial charge >= 0.3 is 0 Å². The molecule has 5 N–H and O–H groups in total. The van der Waals surface area contributed by atoms with Gasteiger partial charge in [-0.25, -0.2) is 4.98 Å². The van der Waals surface area contributed by atoms with E-state index < -0.39 is 0 Å². The summed E-state index contributed by atoms with van der Waals surface area (Å²) in [5, 5.41) is 4.07. The van der Waals surface area contributed by atoms with Crippen molar-refractivity contribution in [1.29, 1.82) is 0 Å². The van der Waals surface area contributed by atoms with Crippen molar-refractivity contribution in [3.8, 4) is 0 Å². The molecule has 116 valence electrons. The number of nitrogen functional groups attached to an aromatic ring is 2. The van der Waals surface area contributed by atoms with Crippen molar-refractivity contribution in [2.75, 3.05) is 23.8 Å². The van der Waals surface area contributed by atoms with Gasteiger partial charge in [-0.3, -0.25) is 0 Å². The lowest BCUT2D eigenvalue weighted by Gasteiger charge is -2.29. The minimum atomic E-state index is 0.222. The molecule has 1 atom stereocenters. The van der Waals surface area contributed by atoms with Crippen LogP contribution in [0.4, 0.5) is 11.8 Å². The van der Waals surface area contributed by atoms with E-state index in [2.05, 4.69) is 36.1 Å². The highest BCUT2D eigenvalue weighted by atomic mass is 32.2. The highest BCUT2D eigenvalue weighted by Crippen LogP contribution is 2.39. The molecule has 1 aromatic heterocycles. The lowest BCUT2D eigenvalue weighted by molar-refractivity contribution is 0.596. The van der Waals surface area contributed by atoms with Gasteiger partial charge in [0, 0.05) is 19.2 Å². The summed E-state index contributed by atoms with van der Waals surface area (Å²) < 4.78 is 0. The van der Waals surface area contributed by atoms with Crippen molar-refractivity contribution in [2.45, 2.75) is 37.5 Å². The Kier molecular flexibility index (Phi) is 5.78. The number of thioether (sulfide) groups is 2. The minimum Gasteiger partial charge on any atom is -0.383 e. The van der Waals surface area contributed by atoms with Crippen LogP contribution in [0, 0.1) is 5.92 Å². The van der Waals surface area contributed by atoms with Crippen molar-refractivity contribution in [2.24, 2.45) is 5.92 Å². The first-order valence-corrected chi connectivity index (χ1v) is 9.00. The molecule has 2 heterocycles. The average molecular weight is 326 g/mol. The van der Waals surface area contributed by atoms with Crippen molar-refractivity contribution in [3.63, 3.8) is 0 Å². The van der Waals surface area contributed by atoms with Crippen LogP contribution in [-0.4, -0.2) is 27.6 Å². The first kappa shape index (κ1) is 16.5. The fourth-order valence-corrected chi connectivity index (χ4v) is 4.46. The Balaban J connectivity index is 2.23. The predicted octanol–water partition coefficient (Wildman–Crippen LogP) is 2.72. The molecule has 0 radical (unpaired) electrons.